The molecule has 4 heterocycles. The highest BCUT2D eigenvalue weighted by Gasteiger charge is 2.17. The summed E-state index contributed by atoms with van der Waals surface area (Å²) in [5.41, 5.74) is 3.17. The molecular formula is C17H18FN5. The van der Waals surface area contributed by atoms with Gasteiger partial charge in [0.15, 0.2) is 5.65 Å². The highest BCUT2D eigenvalue weighted by molar-refractivity contribution is 5.66. The fraction of sp³-hybridized carbons (Fsp3) is 0.353. The Morgan fingerprint density at radius 3 is 2.70 bits per heavy atom. The lowest BCUT2D eigenvalue weighted by atomic mass is 10.1. The van der Waals surface area contributed by atoms with Crippen LogP contribution in [0, 0.1) is 12.9 Å². The number of hydrogen-bond acceptors (Lipinski definition) is 4. The van der Waals surface area contributed by atoms with Gasteiger partial charge in [-0.25, -0.2) is 14.5 Å². The second-order valence-corrected chi connectivity index (χ2v) is 5.92. The van der Waals surface area contributed by atoms with Crippen molar-refractivity contribution in [1.82, 2.24) is 19.6 Å². The van der Waals surface area contributed by atoms with Crippen molar-refractivity contribution in [2.24, 2.45) is 0 Å². The first-order chi connectivity index (χ1) is 11.2. The van der Waals surface area contributed by atoms with Gasteiger partial charge in [-0.15, -0.1) is 5.10 Å². The fourth-order valence-corrected chi connectivity index (χ4v) is 3.21. The van der Waals surface area contributed by atoms with E-state index in [1.54, 1.807) is 6.07 Å². The van der Waals surface area contributed by atoms with E-state index < -0.39 is 5.95 Å². The van der Waals surface area contributed by atoms with Gasteiger partial charge in [0.25, 0.3) is 0 Å². The van der Waals surface area contributed by atoms with Crippen LogP contribution in [-0.4, -0.2) is 32.7 Å². The van der Waals surface area contributed by atoms with E-state index in [9.17, 15) is 4.39 Å². The van der Waals surface area contributed by atoms with Crippen LogP contribution in [0.2, 0.25) is 0 Å². The van der Waals surface area contributed by atoms with Crippen molar-refractivity contribution in [1.29, 1.82) is 0 Å². The van der Waals surface area contributed by atoms with Crippen LogP contribution in [0.25, 0.3) is 16.9 Å². The molecule has 3 aromatic rings. The van der Waals surface area contributed by atoms with Gasteiger partial charge in [-0.1, -0.05) is 0 Å². The first-order valence-electron chi connectivity index (χ1n) is 7.95. The minimum Gasteiger partial charge on any atom is -0.355 e. The molecule has 4 rings (SSSR count). The van der Waals surface area contributed by atoms with E-state index in [1.807, 2.05) is 23.6 Å². The van der Waals surface area contributed by atoms with Crippen molar-refractivity contribution in [2.75, 3.05) is 18.0 Å². The predicted octanol–water partition coefficient (Wildman–Crippen LogP) is 3.23. The maximum atomic E-state index is 13.5. The van der Waals surface area contributed by atoms with Gasteiger partial charge in [0.1, 0.15) is 5.82 Å². The molecule has 0 amide bonds. The average Bonchev–Trinajstić information content (AvgIpc) is 2.90. The van der Waals surface area contributed by atoms with Crippen molar-refractivity contribution in [3.8, 4) is 11.3 Å². The van der Waals surface area contributed by atoms with Gasteiger partial charge in [-0.05, 0) is 44.4 Å². The van der Waals surface area contributed by atoms with Gasteiger partial charge in [0.2, 0.25) is 5.95 Å². The Labute approximate surface area is 133 Å². The summed E-state index contributed by atoms with van der Waals surface area (Å²) in [7, 11) is 0. The van der Waals surface area contributed by atoms with Crippen LogP contribution >= 0.6 is 0 Å². The normalized spacial score (nSPS) is 15.3. The predicted molar refractivity (Wildman–Crippen MR) is 87.0 cm³/mol. The Morgan fingerprint density at radius 1 is 1.09 bits per heavy atom. The minimum atomic E-state index is -0.496. The number of nitrogens with zero attached hydrogens (tertiary/aromatic N) is 5. The summed E-state index contributed by atoms with van der Waals surface area (Å²) in [5, 5.41) is 4.76. The number of halogens is 1. The maximum absolute atomic E-state index is 13.5. The number of fused-ring (bicyclic) bond motifs is 1. The van der Waals surface area contributed by atoms with Crippen molar-refractivity contribution < 1.29 is 4.39 Å². The highest BCUT2D eigenvalue weighted by Crippen LogP contribution is 2.26. The van der Waals surface area contributed by atoms with Gasteiger partial charge in [0, 0.05) is 30.9 Å². The fourth-order valence-electron chi connectivity index (χ4n) is 3.21. The smallest absolute Gasteiger partial charge is 0.213 e. The van der Waals surface area contributed by atoms with Crippen molar-refractivity contribution in [2.45, 2.75) is 26.2 Å². The summed E-state index contributed by atoms with van der Waals surface area (Å²) in [6, 6.07) is 7.20. The quantitative estimate of drug-likeness (QED) is 0.682. The average molecular weight is 311 g/mol. The van der Waals surface area contributed by atoms with Crippen LogP contribution < -0.4 is 4.90 Å². The largest absolute Gasteiger partial charge is 0.355 e. The van der Waals surface area contributed by atoms with Crippen LogP contribution in [0.15, 0.2) is 30.5 Å². The zero-order valence-corrected chi connectivity index (χ0v) is 13.0. The standard InChI is InChI=1S/C17H18FN5/c1-12-17(13-7-8-19-14(18)11-13)23-15(20-12)5-6-16(21-23)22-9-3-2-4-10-22/h5-8,11H,2-4,9-10H2,1H3. The SMILES string of the molecule is Cc1nc2ccc(N3CCCCC3)nn2c1-c1ccnc(F)c1. The second kappa shape index (κ2) is 5.61. The topological polar surface area (TPSA) is 46.3 Å². The van der Waals surface area contributed by atoms with E-state index in [0.717, 1.165) is 41.5 Å². The minimum absolute atomic E-state index is 0.496. The zero-order chi connectivity index (χ0) is 15.8. The molecule has 0 radical (unpaired) electrons. The van der Waals surface area contributed by atoms with Crippen LogP contribution in [-0.2, 0) is 0 Å². The molecule has 0 spiro atoms. The van der Waals surface area contributed by atoms with Gasteiger partial charge < -0.3 is 4.90 Å². The van der Waals surface area contributed by atoms with Gasteiger partial charge in [-0.3, -0.25) is 0 Å². The molecule has 0 aromatic carbocycles. The lowest BCUT2D eigenvalue weighted by Gasteiger charge is -2.27. The number of aromatic nitrogens is 4. The molecule has 0 N–H and O–H groups in total. The van der Waals surface area contributed by atoms with E-state index in [2.05, 4.69) is 14.9 Å². The molecular weight excluding hydrogens is 293 g/mol. The first kappa shape index (κ1) is 14.1. The molecule has 1 fully saturated rings. The molecule has 0 bridgehead atoms. The Bertz CT molecular complexity index is 851. The number of anilines is 1. The second-order valence-electron chi connectivity index (χ2n) is 5.92. The van der Waals surface area contributed by atoms with Gasteiger partial charge in [0.05, 0.1) is 11.4 Å². The molecule has 118 valence electrons. The molecule has 0 saturated carbocycles. The molecule has 23 heavy (non-hydrogen) atoms. The lowest BCUT2D eigenvalue weighted by Crippen LogP contribution is -2.30. The molecule has 0 aliphatic carbocycles. The van der Waals surface area contributed by atoms with E-state index in [0.29, 0.717) is 0 Å². The molecule has 6 heteroatoms. The van der Waals surface area contributed by atoms with Gasteiger partial charge >= 0.3 is 0 Å². The van der Waals surface area contributed by atoms with E-state index in [1.165, 1.54) is 31.5 Å². The van der Waals surface area contributed by atoms with Crippen molar-refractivity contribution in [3.05, 3.63) is 42.1 Å². The Kier molecular flexibility index (Phi) is 3.44. The van der Waals surface area contributed by atoms with E-state index in [4.69, 9.17) is 5.10 Å². The summed E-state index contributed by atoms with van der Waals surface area (Å²) in [5.74, 6) is 0.453. The van der Waals surface area contributed by atoms with Crippen LogP contribution in [0.1, 0.15) is 25.0 Å². The number of hydrogen-bond donors (Lipinski definition) is 0. The van der Waals surface area contributed by atoms with Crippen LogP contribution in [0.5, 0.6) is 0 Å². The summed E-state index contributed by atoms with van der Waals surface area (Å²) >= 11 is 0. The number of aryl methyl sites for hydroxylation is 1. The molecule has 0 atom stereocenters. The third-order valence-corrected chi connectivity index (χ3v) is 4.32. The summed E-state index contributed by atoms with van der Waals surface area (Å²) < 4.78 is 15.3. The summed E-state index contributed by atoms with van der Waals surface area (Å²) in [4.78, 5) is 10.5. The van der Waals surface area contributed by atoms with E-state index in [-0.39, 0.29) is 0 Å². The first-order valence-corrected chi connectivity index (χ1v) is 7.95. The number of imidazole rings is 1. The third kappa shape index (κ3) is 2.54. The van der Waals surface area contributed by atoms with Crippen LogP contribution in [0.3, 0.4) is 0 Å². The van der Waals surface area contributed by atoms with E-state index >= 15 is 0 Å². The van der Waals surface area contributed by atoms with Crippen LogP contribution in [0.4, 0.5) is 10.2 Å². The Hall–Kier alpha value is -2.50. The third-order valence-electron chi connectivity index (χ3n) is 4.32. The number of piperidine rings is 1. The number of rotatable bonds is 2. The Balaban J connectivity index is 1.85. The monoisotopic (exact) mass is 311 g/mol. The molecule has 1 aliphatic rings. The molecule has 3 aromatic heterocycles. The summed E-state index contributed by atoms with van der Waals surface area (Å²) in [6.45, 7) is 3.99. The summed E-state index contributed by atoms with van der Waals surface area (Å²) in [6.07, 6.45) is 5.15. The zero-order valence-electron chi connectivity index (χ0n) is 13.0. The highest BCUT2D eigenvalue weighted by atomic mass is 19.1. The lowest BCUT2D eigenvalue weighted by molar-refractivity contribution is 0.570. The maximum Gasteiger partial charge on any atom is 0.213 e. The van der Waals surface area contributed by atoms with Crippen molar-refractivity contribution in [3.63, 3.8) is 0 Å². The molecule has 1 aliphatic heterocycles. The number of pyridine rings is 1. The molecule has 0 unspecified atom stereocenters. The van der Waals surface area contributed by atoms with Gasteiger partial charge in [-0.2, -0.15) is 4.39 Å². The van der Waals surface area contributed by atoms with Crippen molar-refractivity contribution >= 4 is 11.5 Å². The molecule has 5 nitrogen and oxygen atoms in total. The Morgan fingerprint density at radius 2 is 1.91 bits per heavy atom. The molecule has 1 saturated heterocycles.